The molecule has 0 bridgehead atoms. The van der Waals surface area contributed by atoms with Gasteiger partial charge >= 0.3 is 0 Å². The lowest BCUT2D eigenvalue weighted by Gasteiger charge is -2.27. The molecule has 0 spiro atoms. The monoisotopic (exact) mass is 231 g/mol. The van der Waals surface area contributed by atoms with E-state index >= 15 is 0 Å². The van der Waals surface area contributed by atoms with Crippen LogP contribution in [-0.2, 0) is 0 Å². The highest BCUT2D eigenvalue weighted by atomic mass is 16.5. The minimum atomic E-state index is -0.225. The summed E-state index contributed by atoms with van der Waals surface area (Å²) in [4.78, 5) is 4.33. The lowest BCUT2D eigenvalue weighted by atomic mass is 9.82. The van der Waals surface area contributed by atoms with Gasteiger partial charge in [-0.2, -0.15) is 4.98 Å². The van der Waals surface area contributed by atoms with Crippen LogP contribution in [0.3, 0.4) is 0 Å². The van der Waals surface area contributed by atoms with Gasteiger partial charge in [0.25, 0.3) is 0 Å². The average molecular weight is 231 g/mol. The van der Waals surface area contributed by atoms with E-state index in [2.05, 4.69) is 10.1 Å². The van der Waals surface area contributed by atoms with Gasteiger partial charge in [0, 0.05) is 17.2 Å². The van der Waals surface area contributed by atoms with E-state index in [0.29, 0.717) is 30.2 Å². The second kappa shape index (κ2) is 3.85. The van der Waals surface area contributed by atoms with Gasteiger partial charge in [0.15, 0.2) is 0 Å². The van der Waals surface area contributed by atoms with Crippen LogP contribution >= 0.6 is 0 Å². The SMILES string of the molecule is Nc1ccccc1-c1noc(C2CC(O)C2)n1. The fourth-order valence-electron chi connectivity index (χ4n) is 2.00. The molecule has 1 aromatic heterocycles. The Morgan fingerprint density at radius 1 is 1.29 bits per heavy atom. The van der Waals surface area contributed by atoms with E-state index in [-0.39, 0.29) is 12.0 Å². The summed E-state index contributed by atoms with van der Waals surface area (Å²) in [6.07, 6.45) is 1.18. The quantitative estimate of drug-likeness (QED) is 0.766. The van der Waals surface area contributed by atoms with E-state index in [1.54, 1.807) is 6.07 Å². The van der Waals surface area contributed by atoms with E-state index in [1.807, 2.05) is 18.2 Å². The summed E-state index contributed by atoms with van der Waals surface area (Å²) in [5, 5.41) is 13.2. The van der Waals surface area contributed by atoms with Crippen LogP contribution in [0.15, 0.2) is 28.8 Å². The van der Waals surface area contributed by atoms with Crippen LogP contribution in [0.4, 0.5) is 5.69 Å². The molecule has 2 aromatic rings. The summed E-state index contributed by atoms with van der Waals surface area (Å²) in [5.41, 5.74) is 7.26. The Morgan fingerprint density at radius 3 is 2.76 bits per heavy atom. The topological polar surface area (TPSA) is 85.2 Å². The Bertz CT molecular complexity index is 532. The van der Waals surface area contributed by atoms with E-state index in [4.69, 9.17) is 10.3 Å². The van der Waals surface area contributed by atoms with Crippen LogP contribution in [0, 0.1) is 0 Å². The maximum Gasteiger partial charge on any atom is 0.230 e. The van der Waals surface area contributed by atoms with Crippen molar-refractivity contribution in [3.05, 3.63) is 30.2 Å². The molecule has 3 rings (SSSR count). The Morgan fingerprint density at radius 2 is 2.06 bits per heavy atom. The molecule has 88 valence electrons. The molecule has 0 aliphatic heterocycles. The third-order valence-electron chi connectivity index (χ3n) is 3.11. The van der Waals surface area contributed by atoms with Gasteiger partial charge in [-0.3, -0.25) is 0 Å². The van der Waals surface area contributed by atoms with Crippen LogP contribution in [0.5, 0.6) is 0 Å². The zero-order valence-electron chi connectivity index (χ0n) is 9.21. The van der Waals surface area contributed by atoms with Gasteiger partial charge in [-0.15, -0.1) is 0 Å². The van der Waals surface area contributed by atoms with Crippen molar-refractivity contribution in [1.29, 1.82) is 0 Å². The van der Waals surface area contributed by atoms with Crippen LogP contribution in [-0.4, -0.2) is 21.4 Å². The minimum absolute atomic E-state index is 0.191. The highest BCUT2D eigenvalue weighted by Gasteiger charge is 2.33. The van der Waals surface area contributed by atoms with Crippen LogP contribution < -0.4 is 5.73 Å². The Kier molecular flexibility index (Phi) is 2.33. The number of hydrogen-bond donors (Lipinski definition) is 2. The largest absolute Gasteiger partial charge is 0.398 e. The van der Waals surface area contributed by atoms with E-state index in [0.717, 1.165) is 5.56 Å². The van der Waals surface area contributed by atoms with Crippen LogP contribution in [0.2, 0.25) is 0 Å². The lowest BCUT2D eigenvalue weighted by molar-refractivity contribution is 0.0625. The molecule has 5 nitrogen and oxygen atoms in total. The highest BCUT2D eigenvalue weighted by Crippen LogP contribution is 2.36. The number of nitrogens with two attached hydrogens (primary N) is 1. The molecule has 0 amide bonds. The zero-order valence-corrected chi connectivity index (χ0v) is 9.21. The molecule has 17 heavy (non-hydrogen) atoms. The standard InChI is InChI=1S/C12H13N3O2/c13-10-4-2-1-3-9(10)11-14-12(17-15-11)7-5-8(16)6-7/h1-4,7-8,16H,5-6,13H2. The van der Waals surface area contributed by atoms with Gasteiger partial charge in [0.05, 0.1) is 6.10 Å². The van der Waals surface area contributed by atoms with Crippen molar-refractivity contribution in [2.45, 2.75) is 24.9 Å². The Balaban J connectivity index is 1.88. The zero-order chi connectivity index (χ0) is 11.8. The van der Waals surface area contributed by atoms with Crippen molar-refractivity contribution in [1.82, 2.24) is 10.1 Å². The molecular weight excluding hydrogens is 218 g/mol. The molecule has 0 unspecified atom stereocenters. The number of hydrogen-bond acceptors (Lipinski definition) is 5. The predicted octanol–water partition coefficient (Wildman–Crippen LogP) is 1.56. The number of benzene rings is 1. The summed E-state index contributed by atoms with van der Waals surface area (Å²) in [7, 11) is 0. The second-order valence-electron chi connectivity index (χ2n) is 4.37. The third-order valence-corrected chi connectivity index (χ3v) is 3.11. The molecule has 0 atom stereocenters. The second-order valence-corrected chi connectivity index (χ2v) is 4.37. The van der Waals surface area contributed by atoms with Gasteiger partial charge in [0.1, 0.15) is 0 Å². The number of nitrogens with zero attached hydrogens (tertiary/aromatic N) is 2. The van der Waals surface area contributed by atoms with Gasteiger partial charge in [0.2, 0.25) is 11.7 Å². The summed E-state index contributed by atoms with van der Waals surface area (Å²) in [6.45, 7) is 0. The first-order valence-electron chi connectivity index (χ1n) is 5.60. The van der Waals surface area contributed by atoms with E-state index in [9.17, 15) is 5.11 Å². The summed E-state index contributed by atoms with van der Waals surface area (Å²) < 4.78 is 5.20. The van der Waals surface area contributed by atoms with Crippen LogP contribution in [0.25, 0.3) is 11.4 Å². The summed E-state index contributed by atoms with van der Waals surface area (Å²) >= 11 is 0. The molecule has 1 heterocycles. The fraction of sp³-hybridized carbons (Fsp3) is 0.333. The molecule has 3 N–H and O–H groups in total. The predicted molar refractivity (Wildman–Crippen MR) is 62.1 cm³/mol. The Labute approximate surface area is 98.3 Å². The number of aliphatic hydroxyl groups is 1. The lowest BCUT2D eigenvalue weighted by Crippen LogP contribution is -2.26. The van der Waals surface area contributed by atoms with Crippen molar-refractivity contribution >= 4 is 5.69 Å². The van der Waals surface area contributed by atoms with Crippen LogP contribution in [0.1, 0.15) is 24.7 Å². The number of rotatable bonds is 2. The maximum atomic E-state index is 9.24. The molecule has 1 aliphatic carbocycles. The van der Waals surface area contributed by atoms with Gasteiger partial charge in [-0.25, -0.2) is 0 Å². The minimum Gasteiger partial charge on any atom is -0.398 e. The molecule has 1 aliphatic rings. The third kappa shape index (κ3) is 1.78. The van der Waals surface area contributed by atoms with Crippen molar-refractivity contribution in [3.63, 3.8) is 0 Å². The number of aliphatic hydroxyl groups excluding tert-OH is 1. The number of para-hydroxylation sites is 1. The van der Waals surface area contributed by atoms with Crippen molar-refractivity contribution in [3.8, 4) is 11.4 Å². The number of nitrogen functional groups attached to an aromatic ring is 1. The molecular formula is C12H13N3O2. The van der Waals surface area contributed by atoms with Gasteiger partial charge < -0.3 is 15.4 Å². The first-order valence-corrected chi connectivity index (χ1v) is 5.60. The average Bonchev–Trinajstić information content (AvgIpc) is 2.74. The molecule has 1 aromatic carbocycles. The summed E-state index contributed by atoms with van der Waals surface area (Å²) in [5.74, 6) is 1.30. The van der Waals surface area contributed by atoms with Crippen molar-refractivity contribution < 1.29 is 9.63 Å². The van der Waals surface area contributed by atoms with E-state index < -0.39 is 0 Å². The normalized spacial score (nSPS) is 23.4. The molecule has 0 saturated heterocycles. The number of anilines is 1. The fourth-order valence-corrected chi connectivity index (χ4v) is 2.00. The molecule has 1 fully saturated rings. The number of aromatic nitrogens is 2. The van der Waals surface area contributed by atoms with Crippen molar-refractivity contribution in [2.24, 2.45) is 0 Å². The first kappa shape index (κ1) is 10.3. The summed E-state index contributed by atoms with van der Waals surface area (Å²) in [6, 6.07) is 7.41. The first-order chi connectivity index (χ1) is 8.24. The molecule has 1 saturated carbocycles. The Hall–Kier alpha value is -1.88. The molecule has 0 radical (unpaired) electrons. The molecule has 5 heteroatoms. The van der Waals surface area contributed by atoms with Gasteiger partial charge in [-0.05, 0) is 25.0 Å². The van der Waals surface area contributed by atoms with E-state index in [1.165, 1.54) is 0 Å². The van der Waals surface area contributed by atoms with Crippen molar-refractivity contribution in [2.75, 3.05) is 5.73 Å². The smallest absolute Gasteiger partial charge is 0.230 e. The highest BCUT2D eigenvalue weighted by molar-refractivity contribution is 5.70. The van der Waals surface area contributed by atoms with Gasteiger partial charge in [-0.1, -0.05) is 17.3 Å². The maximum absolute atomic E-state index is 9.24.